The van der Waals surface area contributed by atoms with Crippen molar-refractivity contribution in [3.8, 4) is 0 Å². The quantitative estimate of drug-likeness (QED) is 0.871. The summed E-state index contributed by atoms with van der Waals surface area (Å²) in [4.78, 5) is 0. The van der Waals surface area contributed by atoms with Crippen LogP contribution < -0.4 is 10.8 Å². The van der Waals surface area contributed by atoms with Crippen molar-refractivity contribution < 1.29 is 9.31 Å². The standard InChI is InChI=1S/C19H28BN3O2/c1-18(2)19(3,4)25-20(24-18)16-6-5-15-13-23(22-17(15)11-16)12-14-7-9-21-10-8-14/h5-6,11,13-14,21H,7-10,12H2,1-4H3. The molecule has 1 aromatic carbocycles. The molecule has 0 unspecified atom stereocenters. The molecule has 2 aromatic rings. The summed E-state index contributed by atoms with van der Waals surface area (Å²) < 4.78 is 14.4. The summed E-state index contributed by atoms with van der Waals surface area (Å²) in [6.45, 7) is 11.6. The van der Waals surface area contributed by atoms with Crippen LogP contribution in [0.1, 0.15) is 40.5 Å². The lowest BCUT2D eigenvalue weighted by Gasteiger charge is -2.32. The maximum atomic E-state index is 6.16. The van der Waals surface area contributed by atoms with E-state index in [2.05, 4.69) is 62.1 Å². The van der Waals surface area contributed by atoms with Crippen LogP contribution in [-0.4, -0.2) is 41.2 Å². The Kier molecular flexibility index (Phi) is 4.17. The molecule has 1 N–H and O–H groups in total. The predicted octanol–water partition coefficient (Wildman–Crippen LogP) is 2.34. The second-order valence-electron chi connectivity index (χ2n) is 8.45. The average molecular weight is 341 g/mol. The number of piperidine rings is 1. The fourth-order valence-electron chi connectivity index (χ4n) is 3.63. The summed E-state index contributed by atoms with van der Waals surface area (Å²) in [5.74, 6) is 0.720. The number of benzene rings is 1. The van der Waals surface area contributed by atoms with Gasteiger partial charge in [-0.1, -0.05) is 12.1 Å². The zero-order valence-electron chi connectivity index (χ0n) is 15.7. The smallest absolute Gasteiger partial charge is 0.399 e. The highest BCUT2D eigenvalue weighted by Crippen LogP contribution is 2.36. The van der Waals surface area contributed by atoms with E-state index in [-0.39, 0.29) is 18.3 Å². The van der Waals surface area contributed by atoms with E-state index in [0.29, 0.717) is 0 Å². The van der Waals surface area contributed by atoms with Crippen LogP contribution in [0.5, 0.6) is 0 Å². The summed E-state index contributed by atoms with van der Waals surface area (Å²) in [7, 11) is -0.330. The van der Waals surface area contributed by atoms with Crippen LogP contribution in [0.4, 0.5) is 0 Å². The SMILES string of the molecule is CC1(C)OB(c2ccc3cn(CC4CCNCC4)nc3c2)OC1(C)C. The lowest BCUT2D eigenvalue weighted by molar-refractivity contribution is 0.00578. The maximum absolute atomic E-state index is 6.16. The van der Waals surface area contributed by atoms with Crippen molar-refractivity contribution in [1.29, 1.82) is 0 Å². The Hall–Kier alpha value is -1.37. The Morgan fingerprint density at radius 2 is 1.84 bits per heavy atom. The Balaban J connectivity index is 1.54. The van der Waals surface area contributed by atoms with Crippen molar-refractivity contribution in [2.75, 3.05) is 13.1 Å². The lowest BCUT2D eigenvalue weighted by atomic mass is 9.79. The Morgan fingerprint density at radius 3 is 2.52 bits per heavy atom. The Morgan fingerprint density at radius 1 is 1.16 bits per heavy atom. The van der Waals surface area contributed by atoms with E-state index in [1.165, 1.54) is 18.2 Å². The van der Waals surface area contributed by atoms with Gasteiger partial charge in [0.25, 0.3) is 0 Å². The molecule has 0 saturated carbocycles. The normalized spacial score (nSPS) is 23.4. The second kappa shape index (κ2) is 6.11. The molecule has 2 aliphatic heterocycles. The van der Waals surface area contributed by atoms with Gasteiger partial charge < -0.3 is 14.6 Å². The molecule has 4 rings (SSSR count). The van der Waals surface area contributed by atoms with Gasteiger partial charge in [-0.3, -0.25) is 4.68 Å². The third-order valence-electron chi connectivity index (χ3n) is 6.01. The largest absolute Gasteiger partial charge is 0.494 e. The molecule has 2 saturated heterocycles. The first kappa shape index (κ1) is 17.1. The summed E-state index contributed by atoms with van der Waals surface area (Å²) in [5, 5.41) is 9.39. The molecule has 0 atom stereocenters. The lowest BCUT2D eigenvalue weighted by Crippen LogP contribution is -2.41. The van der Waals surface area contributed by atoms with Crippen LogP contribution in [0.2, 0.25) is 0 Å². The van der Waals surface area contributed by atoms with E-state index in [0.717, 1.165) is 36.5 Å². The average Bonchev–Trinajstić information content (AvgIpc) is 3.04. The van der Waals surface area contributed by atoms with Crippen LogP contribution in [0.15, 0.2) is 24.4 Å². The van der Waals surface area contributed by atoms with E-state index in [9.17, 15) is 0 Å². The molecule has 1 aromatic heterocycles. The number of nitrogens with one attached hydrogen (secondary N) is 1. The fourth-order valence-corrected chi connectivity index (χ4v) is 3.63. The first-order valence-electron chi connectivity index (χ1n) is 9.37. The van der Waals surface area contributed by atoms with E-state index in [1.807, 2.05) is 0 Å². The van der Waals surface area contributed by atoms with Gasteiger partial charge in [0.05, 0.1) is 16.7 Å². The van der Waals surface area contributed by atoms with Gasteiger partial charge >= 0.3 is 7.12 Å². The minimum Gasteiger partial charge on any atom is -0.399 e. The van der Waals surface area contributed by atoms with Gasteiger partial charge in [0, 0.05) is 18.1 Å². The molecule has 134 valence electrons. The molecule has 0 radical (unpaired) electrons. The minimum atomic E-state index is -0.330. The van der Waals surface area contributed by atoms with Crippen LogP contribution in [0.25, 0.3) is 10.9 Å². The highest BCUT2D eigenvalue weighted by Gasteiger charge is 2.51. The summed E-state index contributed by atoms with van der Waals surface area (Å²) in [5.41, 5.74) is 1.42. The third kappa shape index (κ3) is 3.23. The number of rotatable bonds is 3. The molecule has 0 spiro atoms. The monoisotopic (exact) mass is 341 g/mol. The fraction of sp³-hybridized carbons (Fsp3) is 0.632. The van der Waals surface area contributed by atoms with E-state index in [4.69, 9.17) is 14.4 Å². The summed E-state index contributed by atoms with van der Waals surface area (Å²) in [6, 6.07) is 6.33. The van der Waals surface area contributed by atoms with Crippen LogP contribution >= 0.6 is 0 Å². The highest BCUT2D eigenvalue weighted by molar-refractivity contribution is 6.62. The molecular weight excluding hydrogens is 313 g/mol. The van der Waals surface area contributed by atoms with E-state index < -0.39 is 0 Å². The first-order valence-corrected chi connectivity index (χ1v) is 9.37. The first-order chi connectivity index (χ1) is 11.8. The highest BCUT2D eigenvalue weighted by atomic mass is 16.7. The molecule has 2 aliphatic rings. The minimum absolute atomic E-state index is 0.318. The number of fused-ring (bicyclic) bond motifs is 1. The van der Waals surface area contributed by atoms with Gasteiger partial charge in [-0.05, 0) is 71.1 Å². The Bertz CT molecular complexity index is 749. The van der Waals surface area contributed by atoms with Crippen LogP contribution in [0.3, 0.4) is 0 Å². The van der Waals surface area contributed by atoms with E-state index in [1.54, 1.807) is 0 Å². The zero-order valence-corrected chi connectivity index (χ0v) is 15.7. The van der Waals surface area contributed by atoms with Crippen molar-refractivity contribution in [1.82, 2.24) is 15.1 Å². The van der Waals surface area contributed by atoms with Gasteiger partial charge in [-0.25, -0.2) is 0 Å². The molecule has 2 fully saturated rings. The molecule has 25 heavy (non-hydrogen) atoms. The van der Waals surface area contributed by atoms with Gasteiger partial charge in [-0.15, -0.1) is 0 Å². The van der Waals surface area contributed by atoms with Crippen molar-refractivity contribution in [3.63, 3.8) is 0 Å². The van der Waals surface area contributed by atoms with Crippen molar-refractivity contribution in [2.45, 2.75) is 58.3 Å². The summed E-state index contributed by atoms with van der Waals surface area (Å²) in [6.07, 6.45) is 4.62. The van der Waals surface area contributed by atoms with Gasteiger partial charge in [-0.2, -0.15) is 5.10 Å². The molecule has 0 bridgehead atoms. The zero-order chi connectivity index (χ0) is 17.7. The van der Waals surface area contributed by atoms with Crippen LogP contribution in [0, 0.1) is 5.92 Å². The second-order valence-corrected chi connectivity index (χ2v) is 8.45. The van der Waals surface area contributed by atoms with Crippen molar-refractivity contribution in [2.24, 2.45) is 5.92 Å². The van der Waals surface area contributed by atoms with Gasteiger partial charge in [0.2, 0.25) is 0 Å². The number of hydrogen-bond acceptors (Lipinski definition) is 4. The topological polar surface area (TPSA) is 48.3 Å². The van der Waals surface area contributed by atoms with Gasteiger partial charge in [0.1, 0.15) is 0 Å². The third-order valence-corrected chi connectivity index (χ3v) is 6.01. The van der Waals surface area contributed by atoms with Crippen molar-refractivity contribution in [3.05, 3.63) is 24.4 Å². The molecule has 0 aliphatic carbocycles. The molecule has 3 heterocycles. The van der Waals surface area contributed by atoms with Crippen molar-refractivity contribution >= 4 is 23.5 Å². The molecule has 5 nitrogen and oxygen atoms in total. The number of hydrogen-bond donors (Lipinski definition) is 1. The van der Waals surface area contributed by atoms with Gasteiger partial charge in [0.15, 0.2) is 0 Å². The molecule has 0 amide bonds. The Labute approximate surface area is 150 Å². The molecule has 6 heteroatoms. The van der Waals surface area contributed by atoms with Crippen LogP contribution in [-0.2, 0) is 15.9 Å². The maximum Gasteiger partial charge on any atom is 0.494 e. The molecular formula is C19H28BN3O2. The summed E-state index contributed by atoms with van der Waals surface area (Å²) >= 11 is 0. The number of nitrogens with zero attached hydrogens (tertiary/aromatic N) is 2. The predicted molar refractivity (Wildman–Crippen MR) is 101 cm³/mol. The van der Waals surface area contributed by atoms with E-state index >= 15 is 0 Å². The number of aromatic nitrogens is 2.